The molecule has 43 heavy (non-hydrogen) atoms. The summed E-state index contributed by atoms with van der Waals surface area (Å²) in [5, 5.41) is 33.7. The van der Waals surface area contributed by atoms with E-state index >= 15 is 0 Å². The van der Waals surface area contributed by atoms with E-state index in [0.717, 1.165) is 0 Å². The van der Waals surface area contributed by atoms with Crippen molar-refractivity contribution >= 4 is 29.3 Å². The Morgan fingerprint density at radius 3 is 2.09 bits per heavy atom. The minimum absolute atomic E-state index is 0.0383. The molecule has 2 aromatic carbocycles. The van der Waals surface area contributed by atoms with Gasteiger partial charge in [0.15, 0.2) is 6.04 Å². The van der Waals surface area contributed by atoms with E-state index < -0.39 is 60.0 Å². The number of rotatable bonds is 10. The Hall–Kier alpha value is -4.29. The van der Waals surface area contributed by atoms with Crippen LogP contribution in [0.25, 0.3) is 0 Å². The van der Waals surface area contributed by atoms with Gasteiger partial charge >= 0.3 is 0 Å². The number of hydrogen-bond acceptors (Lipinski definition) is 8. The number of phenols is 1. The number of aliphatic hydroxyl groups excluding tert-OH is 2. The topological polar surface area (TPSA) is 186 Å². The molecular formula is C31H39N5O7. The van der Waals surface area contributed by atoms with Crippen LogP contribution in [0.2, 0.25) is 0 Å². The standard InChI is InChI=1S/C31H39N5O7/c1-18(37)25(28(32)40)34-29(41)22-13-8-16-35(22)30(42)23-14-9-17-36(23)31(43)26(19(2)38)33-27(20-10-4-3-5-11-20)21-12-6-7-15-24(21)39/h3-7,10-12,15,18-19,22-23,25-26,37-39H,8-9,13-14,16-17H2,1-2H3,(H2,32,40)(H,34,41)/b33-27-/t18-,19-,22+,23+,25+,26+/m1/s1. The third kappa shape index (κ3) is 7.03. The molecule has 12 nitrogen and oxygen atoms in total. The van der Waals surface area contributed by atoms with Crippen LogP contribution >= 0.6 is 0 Å². The van der Waals surface area contributed by atoms with Gasteiger partial charge in [-0.3, -0.25) is 24.2 Å². The average molecular weight is 594 g/mol. The molecule has 0 radical (unpaired) electrons. The molecule has 2 saturated heterocycles. The quantitative estimate of drug-likeness (QED) is 0.245. The number of nitrogens with one attached hydrogen (secondary N) is 1. The largest absolute Gasteiger partial charge is 0.507 e. The number of carbonyl (C=O) groups excluding carboxylic acids is 4. The van der Waals surface area contributed by atoms with E-state index in [9.17, 15) is 34.5 Å². The molecule has 2 aromatic rings. The number of primary amides is 1. The zero-order valence-corrected chi connectivity index (χ0v) is 24.3. The smallest absolute Gasteiger partial charge is 0.250 e. The highest BCUT2D eigenvalue weighted by Gasteiger charge is 2.44. The number of nitrogens with zero attached hydrogens (tertiary/aromatic N) is 3. The summed E-state index contributed by atoms with van der Waals surface area (Å²) in [6.07, 6.45) is -0.627. The number of para-hydroxylation sites is 1. The maximum atomic E-state index is 14.0. The number of likely N-dealkylation sites (tertiary alicyclic amines) is 2. The summed E-state index contributed by atoms with van der Waals surface area (Å²) in [6.45, 7) is 3.33. The fraction of sp³-hybridized carbons (Fsp3) is 0.452. The number of aliphatic hydroxyl groups is 2. The van der Waals surface area contributed by atoms with Crippen molar-refractivity contribution in [3.63, 3.8) is 0 Å². The van der Waals surface area contributed by atoms with Crippen LogP contribution in [0.15, 0.2) is 59.6 Å². The summed E-state index contributed by atoms with van der Waals surface area (Å²) in [7, 11) is 0. The lowest BCUT2D eigenvalue weighted by Gasteiger charge is -2.33. The van der Waals surface area contributed by atoms with E-state index in [2.05, 4.69) is 10.3 Å². The molecular weight excluding hydrogens is 554 g/mol. The van der Waals surface area contributed by atoms with Crippen LogP contribution in [0.1, 0.15) is 50.7 Å². The molecule has 2 aliphatic rings. The highest BCUT2D eigenvalue weighted by molar-refractivity contribution is 6.15. The molecule has 0 saturated carbocycles. The number of nitrogens with two attached hydrogens (primary N) is 1. The van der Waals surface area contributed by atoms with Gasteiger partial charge in [-0.05, 0) is 51.7 Å². The summed E-state index contributed by atoms with van der Waals surface area (Å²) in [4.78, 5) is 60.0. The Morgan fingerprint density at radius 2 is 1.49 bits per heavy atom. The molecule has 0 unspecified atom stereocenters. The first-order chi connectivity index (χ1) is 20.5. The number of aliphatic imine (C=N–C) groups is 1. The monoisotopic (exact) mass is 593 g/mol. The zero-order valence-electron chi connectivity index (χ0n) is 24.3. The van der Waals surface area contributed by atoms with Gasteiger partial charge in [-0.1, -0.05) is 42.5 Å². The van der Waals surface area contributed by atoms with Crippen molar-refractivity contribution in [3.05, 3.63) is 65.7 Å². The molecule has 0 aliphatic carbocycles. The van der Waals surface area contributed by atoms with E-state index in [4.69, 9.17) is 5.73 Å². The van der Waals surface area contributed by atoms with Crippen molar-refractivity contribution in [1.82, 2.24) is 15.1 Å². The highest BCUT2D eigenvalue weighted by Crippen LogP contribution is 2.28. The fourth-order valence-electron chi connectivity index (χ4n) is 5.71. The first-order valence-corrected chi connectivity index (χ1v) is 14.5. The fourth-order valence-corrected chi connectivity index (χ4v) is 5.71. The molecule has 0 aromatic heterocycles. The maximum absolute atomic E-state index is 14.0. The first-order valence-electron chi connectivity index (χ1n) is 14.5. The number of carbonyl (C=O) groups is 4. The van der Waals surface area contributed by atoms with Crippen LogP contribution in [-0.4, -0.2) is 104 Å². The Morgan fingerprint density at radius 1 is 0.884 bits per heavy atom. The van der Waals surface area contributed by atoms with E-state index in [-0.39, 0.29) is 18.8 Å². The van der Waals surface area contributed by atoms with Gasteiger partial charge < -0.3 is 36.2 Å². The van der Waals surface area contributed by atoms with Crippen LogP contribution in [0.5, 0.6) is 5.75 Å². The Bertz CT molecular complexity index is 1360. The van der Waals surface area contributed by atoms with Crippen molar-refractivity contribution in [1.29, 1.82) is 0 Å². The lowest BCUT2D eigenvalue weighted by Crippen LogP contribution is -2.58. The van der Waals surface area contributed by atoms with Crippen LogP contribution in [-0.2, 0) is 19.2 Å². The second-order valence-electron chi connectivity index (χ2n) is 11.1. The SMILES string of the molecule is C[C@@H](O)[C@H](/N=C(/c1ccccc1)c1ccccc1O)C(=O)N1CCC[C@H]1C(=O)N1CCC[C@H]1C(=O)N[C@H](C(N)=O)[C@@H](C)O. The zero-order chi connectivity index (χ0) is 31.3. The third-order valence-corrected chi connectivity index (χ3v) is 7.93. The van der Waals surface area contributed by atoms with E-state index in [0.29, 0.717) is 42.5 Å². The van der Waals surface area contributed by atoms with Gasteiger partial charge in [0.2, 0.25) is 17.7 Å². The first kappa shape index (κ1) is 31.6. The highest BCUT2D eigenvalue weighted by atomic mass is 16.3. The van der Waals surface area contributed by atoms with Crippen molar-refractivity contribution in [2.75, 3.05) is 13.1 Å². The lowest BCUT2D eigenvalue weighted by atomic mass is 10.00. The van der Waals surface area contributed by atoms with Gasteiger partial charge in [0, 0.05) is 24.2 Å². The van der Waals surface area contributed by atoms with Gasteiger partial charge in [0.25, 0.3) is 5.91 Å². The molecule has 6 N–H and O–H groups in total. The number of phenolic OH excluding ortho intramolecular Hbond substituents is 1. The molecule has 230 valence electrons. The van der Waals surface area contributed by atoms with E-state index in [1.54, 1.807) is 42.5 Å². The summed E-state index contributed by atoms with van der Waals surface area (Å²) in [5.74, 6) is -2.49. The maximum Gasteiger partial charge on any atom is 0.250 e. The summed E-state index contributed by atoms with van der Waals surface area (Å²) in [5.41, 5.74) is 6.66. The predicted octanol–water partition coefficient (Wildman–Crippen LogP) is 0.312. The van der Waals surface area contributed by atoms with Crippen LogP contribution in [0.4, 0.5) is 0 Å². The average Bonchev–Trinajstić information content (AvgIpc) is 3.67. The minimum Gasteiger partial charge on any atom is -0.507 e. The molecule has 2 heterocycles. The van der Waals surface area contributed by atoms with Gasteiger partial charge in [0.1, 0.15) is 23.9 Å². The summed E-state index contributed by atoms with van der Waals surface area (Å²) in [6, 6.07) is 11.3. The van der Waals surface area contributed by atoms with Crippen molar-refractivity contribution in [2.24, 2.45) is 10.7 Å². The van der Waals surface area contributed by atoms with Crippen molar-refractivity contribution < 1.29 is 34.5 Å². The summed E-state index contributed by atoms with van der Waals surface area (Å²) >= 11 is 0. The van der Waals surface area contributed by atoms with E-state index in [1.807, 2.05) is 6.07 Å². The van der Waals surface area contributed by atoms with Crippen LogP contribution in [0, 0.1) is 0 Å². The Kier molecular flexibility index (Phi) is 10.1. The number of aromatic hydroxyl groups is 1. The molecule has 2 aliphatic heterocycles. The van der Waals surface area contributed by atoms with E-state index in [1.165, 1.54) is 29.7 Å². The van der Waals surface area contributed by atoms with Gasteiger partial charge in [-0.15, -0.1) is 0 Å². The van der Waals surface area contributed by atoms with Gasteiger partial charge in [-0.25, -0.2) is 0 Å². The normalized spacial score (nSPS) is 21.6. The van der Waals surface area contributed by atoms with Crippen LogP contribution in [0.3, 0.4) is 0 Å². The van der Waals surface area contributed by atoms with Gasteiger partial charge in [0.05, 0.1) is 17.9 Å². The molecule has 6 atom stereocenters. The minimum atomic E-state index is -1.30. The molecule has 0 spiro atoms. The van der Waals surface area contributed by atoms with Gasteiger partial charge in [-0.2, -0.15) is 0 Å². The van der Waals surface area contributed by atoms with Crippen LogP contribution < -0.4 is 11.1 Å². The van der Waals surface area contributed by atoms with Crippen molar-refractivity contribution in [3.8, 4) is 5.75 Å². The molecule has 12 heteroatoms. The number of hydrogen-bond donors (Lipinski definition) is 5. The predicted molar refractivity (Wildman–Crippen MR) is 158 cm³/mol. The Balaban J connectivity index is 1.60. The Labute approximate surface area is 250 Å². The second kappa shape index (κ2) is 13.8. The molecule has 0 bridgehead atoms. The number of amides is 4. The molecule has 4 amide bonds. The van der Waals surface area contributed by atoms with Crippen molar-refractivity contribution in [2.45, 2.75) is 75.9 Å². The third-order valence-electron chi connectivity index (χ3n) is 7.93. The molecule has 4 rings (SSSR count). The second-order valence-corrected chi connectivity index (χ2v) is 11.1. The number of benzene rings is 2. The molecule has 2 fully saturated rings. The summed E-state index contributed by atoms with van der Waals surface area (Å²) < 4.78 is 0. The lowest BCUT2D eigenvalue weighted by molar-refractivity contribution is -0.148.